The van der Waals surface area contributed by atoms with Crippen LogP contribution in [0.5, 0.6) is 0 Å². The molecular weight excluding hydrogens is 669 g/mol. The number of rotatable bonds is 5. The molecule has 0 unspecified atom stereocenters. The van der Waals surface area contributed by atoms with Crippen LogP contribution in [0.2, 0.25) is 0 Å². The molecule has 0 saturated heterocycles. The maximum absolute atomic E-state index is 5.13. The lowest BCUT2D eigenvalue weighted by Crippen LogP contribution is -1.98. The van der Waals surface area contributed by atoms with Crippen molar-refractivity contribution in [1.29, 1.82) is 0 Å². The summed E-state index contributed by atoms with van der Waals surface area (Å²) in [5.41, 5.74) is 12.0. The summed E-state index contributed by atoms with van der Waals surface area (Å²) in [6.45, 7) is 0. The van der Waals surface area contributed by atoms with Crippen molar-refractivity contribution in [1.82, 2.24) is 20.0 Å². The minimum Gasteiger partial charge on any atom is -0.264 e. The van der Waals surface area contributed by atoms with E-state index in [0.29, 0.717) is 0 Å². The van der Waals surface area contributed by atoms with Gasteiger partial charge < -0.3 is 0 Å². The van der Waals surface area contributed by atoms with Crippen LogP contribution in [0.4, 0.5) is 0 Å². The van der Waals surface area contributed by atoms with E-state index in [-0.39, 0.29) is 0 Å². The highest BCUT2D eigenvalue weighted by atomic mass is 15.5. The van der Waals surface area contributed by atoms with E-state index in [2.05, 4.69) is 175 Å². The zero-order valence-electron chi connectivity index (χ0n) is 29.8. The fourth-order valence-electron chi connectivity index (χ4n) is 8.46. The Kier molecular flexibility index (Phi) is 7.14. The number of benzene rings is 9. The predicted octanol–water partition coefficient (Wildman–Crippen LogP) is 13.1. The van der Waals surface area contributed by atoms with Crippen LogP contribution in [0.1, 0.15) is 0 Å². The molecule has 0 radical (unpaired) electrons. The average Bonchev–Trinajstić information content (AvgIpc) is 3.70. The molecule has 0 fully saturated rings. The molecule has 0 amide bonds. The summed E-state index contributed by atoms with van der Waals surface area (Å²) in [6.07, 6.45) is 3.68. The van der Waals surface area contributed by atoms with Gasteiger partial charge in [-0.2, -0.15) is 4.80 Å². The number of aromatic nitrogens is 4. The molecule has 0 atom stereocenters. The van der Waals surface area contributed by atoms with Crippen LogP contribution in [0.15, 0.2) is 194 Å². The number of hydrogen-bond donors (Lipinski definition) is 0. The van der Waals surface area contributed by atoms with Crippen molar-refractivity contribution in [2.45, 2.75) is 0 Å². The van der Waals surface area contributed by atoms with Gasteiger partial charge in [-0.1, -0.05) is 152 Å². The maximum Gasteiger partial charge on any atom is 0.121 e. The molecule has 0 spiro atoms. The Balaban J connectivity index is 1.14. The molecule has 4 nitrogen and oxygen atoms in total. The largest absolute Gasteiger partial charge is 0.264 e. The van der Waals surface area contributed by atoms with Gasteiger partial charge in [-0.15, -0.1) is 10.2 Å². The van der Waals surface area contributed by atoms with Crippen LogP contribution >= 0.6 is 0 Å². The van der Waals surface area contributed by atoms with E-state index in [0.717, 1.165) is 44.2 Å². The van der Waals surface area contributed by atoms with Crippen LogP contribution < -0.4 is 0 Å². The van der Waals surface area contributed by atoms with Gasteiger partial charge in [0.25, 0.3) is 0 Å². The van der Waals surface area contributed by atoms with Gasteiger partial charge in [-0.25, -0.2) is 0 Å². The first-order chi connectivity index (χ1) is 27.3. The molecule has 55 heavy (non-hydrogen) atoms. The predicted molar refractivity (Wildman–Crippen MR) is 228 cm³/mol. The summed E-state index contributed by atoms with van der Waals surface area (Å²) in [6, 6.07) is 65.2. The third-order valence-electron chi connectivity index (χ3n) is 10.9. The second-order valence-electron chi connectivity index (χ2n) is 14.1. The molecule has 11 rings (SSSR count). The summed E-state index contributed by atoms with van der Waals surface area (Å²) in [4.78, 5) is 6.09. The van der Waals surface area contributed by atoms with Crippen molar-refractivity contribution in [2.24, 2.45) is 0 Å². The first kappa shape index (κ1) is 31.1. The molecule has 4 heteroatoms. The Labute approximate surface area is 317 Å². The summed E-state index contributed by atoms with van der Waals surface area (Å²) in [5.74, 6) is 0. The molecule has 2 aromatic heterocycles. The van der Waals surface area contributed by atoms with Crippen molar-refractivity contribution in [3.8, 4) is 50.2 Å². The fraction of sp³-hybridized carbons (Fsp3) is 0. The second kappa shape index (κ2) is 12.6. The monoisotopic (exact) mass is 700 g/mol. The third kappa shape index (κ3) is 5.11. The lowest BCUT2D eigenvalue weighted by molar-refractivity contribution is 0.766. The highest BCUT2D eigenvalue weighted by molar-refractivity contribution is 6.25. The first-order valence-electron chi connectivity index (χ1n) is 18.6. The number of pyridine rings is 1. The topological polar surface area (TPSA) is 43.6 Å². The smallest absolute Gasteiger partial charge is 0.121 e. The van der Waals surface area contributed by atoms with Crippen LogP contribution in [-0.2, 0) is 0 Å². The van der Waals surface area contributed by atoms with Gasteiger partial charge in [0, 0.05) is 23.3 Å². The normalized spacial score (nSPS) is 11.6. The SMILES string of the molecule is c1cncc(-c2cccc(-n3nc4cc(-c5c6ccccc6c(-c6cccc(-c7cccc8ccccc78)c6)c6ccccc56)c5ccccc5c4n3)c2)c1. The van der Waals surface area contributed by atoms with Crippen LogP contribution in [0.25, 0.3) is 104 Å². The molecule has 0 N–H and O–H groups in total. The van der Waals surface area contributed by atoms with Gasteiger partial charge in [-0.3, -0.25) is 4.98 Å². The van der Waals surface area contributed by atoms with Gasteiger partial charge in [-0.05, 0) is 107 Å². The first-order valence-corrected chi connectivity index (χ1v) is 18.6. The van der Waals surface area contributed by atoms with E-state index < -0.39 is 0 Å². The molecule has 256 valence electrons. The molecule has 0 aliphatic heterocycles. The summed E-state index contributed by atoms with van der Waals surface area (Å²) in [7, 11) is 0. The molecule has 9 aromatic carbocycles. The van der Waals surface area contributed by atoms with Crippen molar-refractivity contribution in [3.05, 3.63) is 194 Å². The van der Waals surface area contributed by atoms with Crippen molar-refractivity contribution in [3.63, 3.8) is 0 Å². The van der Waals surface area contributed by atoms with Crippen molar-refractivity contribution >= 4 is 54.1 Å². The summed E-state index contributed by atoms with van der Waals surface area (Å²) < 4.78 is 0. The van der Waals surface area contributed by atoms with Gasteiger partial charge in [0.2, 0.25) is 0 Å². The van der Waals surface area contributed by atoms with Crippen LogP contribution in [0.3, 0.4) is 0 Å². The molecule has 0 saturated carbocycles. The molecule has 0 bridgehead atoms. The molecule has 2 heterocycles. The van der Waals surface area contributed by atoms with Gasteiger partial charge in [0.05, 0.1) is 5.69 Å². The van der Waals surface area contributed by atoms with Gasteiger partial charge in [0.15, 0.2) is 0 Å². The number of hydrogen-bond acceptors (Lipinski definition) is 3. The molecule has 0 aliphatic rings. The molecular formula is C51H32N4. The highest BCUT2D eigenvalue weighted by Gasteiger charge is 2.21. The quantitative estimate of drug-likeness (QED) is 0.168. The minimum absolute atomic E-state index is 0.848. The van der Waals surface area contributed by atoms with Crippen LogP contribution in [-0.4, -0.2) is 20.0 Å². The maximum atomic E-state index is 5.13. The fourth-order valence-corrected chi connectivity index (χ4v) is 8.46. The Bertz CT molecular complexity index is 3210. The zero-order chi connectivity index (χ0) is 36.3. The minimum atomic E-state index is 0.848. The van der Waals surface area contributed by atoms with E-state index in [1.54, 1.807) is 11.0 Å². The number of fused-ring (bicyclic) bond motifs is 6. The Morgan fingerprint density at radius 2 is 0.964 bits per heavy atom. The Hall–Kier alpha value is -7.43. The average molecular weight is 701 g/mol. The van der Waals surface area contributed by atoms with Crippen LogP contribution in [0, 0.1) is 0 Å². The van der Waals surface area contributed by atoms with Crippen molar-refractivity contribution in [2.75, 3.05) is 0 Å². The lowest BCUT2D eigenvalue weighted by Gasteiger charge is -2.19. The summed E-state index contributed by atoms with van der Waals surface area (Å²) in [5, 5.41) is 19.8. The second-order valence-corrected chi connectivity index (χ2v) is 14.1. The van der Waals surface area contributed by atoms with E-state index >= 15 is 0 Å². The van der Waals surface area contributed by atoms with Crippen molar-refractivity contribution < 1.29 is 0 Å². The third-order valence-corrected chi connectivity index (χ3v) is 10.9. The Morgan fingerprint density at radius 1 is 0.364 bits per heavy atom. The van der Waals surface area contributed by atoms with E-state index in [4.69, 9.17) is 10.2 Å². The molecule has 0 aliphatic carbocycles. The van der Waals surface area contributed by atoms with E-state index in [1.807, 2.05) is 18.3 Å². The van der Waals surface area contributed by atoms with Gasteiger partial charge in [0.1, 0.15) is 11.0 Å². The standard InChI is InChI=1S/C51H32N4/c1-2-20-39-33(13-1)14-11-27-40(39)35-16-9-17-36(29-35)49-42-22-4-6-24-44(42)50(45-25-7-5-23-43(45)49)47-31-48-51(46-26-8-3-21-41(46)47)54-55(53-48)38-19-10-15-34(30-38)37-18-12-28-52-32-37/h1-32H. The summed E-state index contributed by atoms with van der Waals surface area (Å²) >= 11 is 0. The van der Waals surface area contributed by atoms with Gasteiger partial charge >= 0.3 is 0 Å². The highest BCUT2D eigenvalue weighted by Crippen LogP contribution is 2.47. The van der Waals surface area contributed by atoms with E-state index in [9.17, 15) is 0 Å². The molecule has 11 aromatic rings. The Morgan fingerprint density at radius 3 is 1.73 bits per heavy atom. The lowest BCUT2D eigenvalue weighted by atomic mass is 9.84. The number of nitrogens with zero attached hydrogens (tertiary/aromatic N) is 4. The van der Waals surface area contributed by atoms with E-state index in [1.165, 1.54) is 60.1 Å². The zero-order valence-corrected chi connectivity index (χ0v) is 29.8.